The van der Waals surface area contributed by atoms with Gasteiger partial charge >= 0.3 is 6.03 Å². The van der Waals surface area contributed by atoms with E-state index in [9.17, 15) is 28.0 Å². The number of carbonyl (C=O) groups excluding carboxylic acids is 4. The lowest BCUT2D eigenvalue weighted by molar-refractivity contribution is -0.133. The lowest BCUT2D eigenvalue weighted by Crippen LogP contribution is -2.42. The van der Waals surface area contributed by atoms with E-state index >= 15 is 0 Å². The smallest absolute Gasteiger partial charge is 0.325 e. The summed E-state index contributed by atoms with van der Waals surface area (Å²) in [5.74, 6) is -3.56. The summed E-state index contributed by atoms with van der Waals surface area (Å²) in [4.78, 5) is 51.8. The topological polar surface area (TPSA) is 98.8 Å². The molecular weight excluding hydrogens is 422 g/mol. The quantitative estimate of drug-likeness (QED) is 0.695. The van der Waals surface area contributed by atoms with Crippen LogP contribution >= 0.6 is 0 Å². The van der Waals surface area contributed by atoms with Gasteiger partial charge in [-0.15, -0.1) is 0 Å². The summed E-state index contributed by atoms with van der Waals surface area (Å²) in [6, 6.07) is 8.73. The van der Waals surface area contributed by atoms with E-state index < -0.39 is 41.6 Å². The average molecular weight is 442 g/mol. The van der Waals surface area contributed by atoms with Crippen molar-refractivity contribution in [2.45, 2.75) is 25.3 Å². The van der Waals surface area contributed by atoms with Crippen LogP contribution in [0.2, 0.25) is 0 Å². The molecule has 0 aromatic heterocycles. The lowest BCUT2D eigenvalue weighted by atomic mass is 9.92. The zero-order valence-corrected chi connectivity index (χ0v) is 17.2. The Kier molecular flexibility index (Phi) is 5.37. The first-order valence-corrected chi connectivity index (χ1v) is 9.99. The molecule has 32 heavy (non-hydrogen) atoms. The number of urea groups is 1. The molecule has 4 rings (SSSR count). The van der Waals surface area contributed by atoms with E-state index in [1.807, 2.05) is 0 Å². The van der Waals surface area contributed by atoms with Crippen molar-refractivity contribution in [1.82, 2.24) is 10.2 Å². The second-order valence-electron chi connectivity index (χ2n) is 7.82. The zero-order chi connectivity index (χ0) is 23.0. The number of imide groups is 1. The monoisotopic (exact) mass is 442 g/mol. The summed E-state index contributed by atoms with van der Waals surface area (Å²) >= 11 is 0. The number of nitrogens with one attached hydrogen (secondary N) is 2. The number of anilines is 2. The van der Waals surface area contributed by atoms with Crippen LogP contribution in [0.15, 0.2) is 42.5 Å². The van der Waals surface area contributed by atoms with Gasteiger partial charge in [0, 0.05) is 24.3 Å². The molecule has 2 heterocycles. The van der Waals surface area contributed by atoms with Gasteiger partial charge in [0.05, 0.1) is 0 Å². The molecule has 1 atom stereocenters. The first kappa shape index (κ1) is 21.4. The molecule has 10 heteroatoms. The fourth-order valence-electron chi connectivity index (χ4n) is 3.83. The van der Waals surface area contributed by atoms with E-state index in [0.29, 0.717) is 23.6 Å². The van der Waals surface area contributed by atoms with Crippen molar-refractivity contribution in [2.24, 2.45) is 0 Å². The number of hydrogen-bond acceptors (Lipinski definition) is 4. The molecule has 0 bridgehead atoms. The average Bonchev–Trinajstić information content (AvgIpc) is 3.27. The lowest BCUT2D eigenvalue weighted by Gasteiger charge is -2.22. The van der Waals surface area contributed by atoms with Crippen LogP contribution in [0, 0.1) is 11.6 Å². The highest BCUT2D eigenvalue weighted by atomic mass is 19.2. The van der Waals surface area contributed by atoms with Gasteiger partial charge in [-0.3, -0.25) is 19.3 Å². The summed E-state index contributed by atoms with van der Waals surface area (Å²) in [5, 5.41) is 5.03. The Labute approximate surface area is 182 Å². The number of rotatable bonds is 5. The second kappa shape index (κ2) is 8.03. The van der Waals surface area contributed by atoms with Crippen molar-refractivity contribution < 1.29 is 28.0 Å². The van der Waals surface area contributed by atoms with Crippen molar-refractivity contribution in [3.05, 3.63) is 59.7 Å². The maximum Gasteiger partial charge on any atom is 0.325 e. The van der Waals surface area contributed by atoms with E-state index in [1.165, 1.54) is 13.0 Å². The normalized spacial score (nSPS) is 20.7. The molecular formula is C22H20F2N4O4. The first-order chi connectivity index (χ1) is 15.2. The Morgan fingerprint density at radius 3 is 2.44 bits per heavy atom. The summed E-state index contributed by atoms with van der Waals surface area (Å²) in [5.41, 5.74) is -0.414. The zero-order valence-electron chi connectivity index (χ0n) is 17.2. The Balaban J connectivity index is 1.43. The Morgan fingerprint density at radius 2 is 1.81 bits per heavy atom. The molecule has 2 N–H and O–H groups in total. The van der Waals surface area contributed by atoms with Crippen molar-refractivity contribution in [1.29, 1.82) is 0 Å². The Hall–Kier alpha value is -3.82. The largest absolute Gasteiger partial charge is 0.325 e. The van der Waals surface area contributed by atoms with Crippen molar-refractivity contribution in [2.75, 3.05) is 23.3 Å². The predicted octanol–water partition coefficient (Wildman–Crippen LogP) is 2.50. The standard InChI is InChI=1S/C22H20F2N4O4/c1-22(13-4-9-16(23)17(24)11-13)20(31)28(21(32)26-22)12-18(29)25-14-5-7-15(8-6-14)27-10-2-3-19(27)30/h4-9,11H,2-3,10,12H2,1H3,(H,25,29)(H,26,32)/t22-/m0/s1. The highest BCUT2D eigenvalue weighted by molar-refractivity contribution is 6.10. The highest BCUT2D eigenvalue weighted by Gasteiger charge is 2.49. The first-order valence-electron chi connectivity index (χ1n) is 9.99. The van der Waals surface area contributed by atoms with Gasteiger partial charge in [-0.2, -0.15) is 0 Å². The molecule has 2 aromatic carbocycles. The molecule has 0 radical (unpaired) electrons. The molecule has 8 nitrogen and oxygen atoms in total. The van der Waals surface area contributed by atoms with Gasteiger partial charge in [-0.1, -0.05) is 6.07 Å². The van der Waals surface area contributed by atoms with Gasteiger partial charge in [0.25, 0.3) is 5.91 Å². The minimum Gasteiger partial charge on any atom is -0.325 e. The number of hydrogen-bond donors (Lipinski definition) is 2. The molecule has 5 amide bonds. The van der Waals surface area contributed by atoms with Crippen molar-refractivity contribution >= 4 is 35.1 Å². The molecule has 0 saturated carbocycles. The fourth-order valence-corrected chi connectivity index (χ4v) is 3.83. The number of carbonyl (C=O) groups is 4. The minimum absolute atomic E-state index is 0.0458. The second-order valence-corrected chi connectivity index (χ2v) is 7.82. The summed E-state index contributed by atoms with van der Waals surface area (Å²) in [6.45, 7) is 1.44. The van der Waals surface area contributed by atoms with Crippen LogP contribution in [0.1, 0.15) is 25.3 Å². The van der Waals surface area contributed by atoms with Crippen LogP contribution < -0.4 is 15.5 Å². The van der Waals surface area contributed by atoms with Crippen LogP contribution in [-0.4, -0.2) is 41.7 Å². The number of nitrogens with zero attached hydrogens (tertiary/aromatic N) is 2. The van der Waals surface area contributed by atoms with E-state index in [4.69, 9.17) is 0 Å². The maximum absolute atomic E-state index is 13.6. The van der Waals surface area contributed by atoms with Gasteiger partial charge in [0.15, 0.2) is 11.6 Å². The molecule has 0 aliphatic carbocycles. The van der Waals surface area contributed by atoms with Gasteiger partial charge < -0.3 is 15.5 Å². The van der Waals surface area contributed by atoms with Gasteiger partial charge in [-0.25, -0.2) is 13.6 Å². The minimum atomic E-state index is -1.63. The Morgan fingerprint density at radius 1 is 1.09 bits per heavy atom. The van der Waals surface area contributed by atoms with Crippen LogP contribution in [0.25, 0.3) is 0 Å². The molecule has 0 spiro atoms. The van der Waals surface area contributed by atoms with Crippen molar-refractivity contribution in [3.63, 3.8) is 0 Å². The van der Waals surface area contributed by atoms with Crippen LogP contribution in [0.5, 0.6) is 0 Å². The third kappa shape index (κ3) is 3.79. The Bertz CT molecular complexity index is 1120. The van der Waals surface area contributed by atoms with Crippen LogP contribution in [-0.2, 0) is 19.9 Å². The maximum atomic E-state index is 13.6. The molecule has 2 saturated heterocycles. The summed E-state index contributed by atoms with van der Waals surface area (Å²) in [6.07, 6.45) is 1.31. The molecule has 2 aromatic rings. The van der Waals surface area contributed by atoms with E-state index in [2.05, 4.69) is 10.6 Å². The predicted molar refractivity (Wildman–Crippen MR) is 111 cm³/mol. The van der Waals surface area contributed by atoms with E-state index in [0.717, 1.165) is 24.2 Å². The summed E-state index contributed by atoms with van der Waals surface area (Å²) in [7, 11) is 0. The molecule has 2 fully saturated rings. The summed E-state index contributed by atoms with van der Waals surface area (Å²) < 4.78 is 26.9. The third-order valence-electron chi connectivity index (χ3n) is 5.61. The number of halogens is 2. The van der Waals surface area contributed by atoms with E-state index in [1.54, 1.807) is 29.2 Å². The molecule has 0 unspecified atom stereocenters. The highest BCUT2D eigenvalue weighted by Crippen LogP contribution is 2.30. The van der Waals surface area contributed by atoms with Gasteiger partial charge in [0.1, 0.15) is 12.1 Å². The van der Waals surface area contributed by atoms with Crippen LogP contribution in [0.4, 0.5) is 25.0 Å². The van der Waals surface area contributed by atoms with Gasteiger partial charge in [0.2, 0.25) is 11.8 Å². The molecule has 2 aliphatic rings. The van der Waals surface area contributed by atoms with Crippen molar-refractivity contribution in [3.8, 4) is 0 Å². The number of benzene rings is 2. The van der Waals surface area contributed by atoms with E-state index in [-0.39, 0.29) is 11.5 Å². The third-order valence-corrected chi connectivity index (χ3v) is 5.61. The molecule has 2 aliphatic heterocycles. The van der Waals surface area contributed by atoms with Crippen LogP contribution in [0.3, 0.4) is 0 Å². The van der Waals surface area contributed by atoms with Gasteiger partial charge in [-0.05, 0) is 55.3 Å². The molecule has 166 valence electrons. The fraction of sp³-hybridized carbons (Fsp3) is 0.273. The number of amides is 5. The SMILES string of the molecule is C[C@@]1(c2ccc(F)c(F)c2)NC(=O)N(CC(=O)Nc2ccc(N3CCCC3=O)cc2)C1=O.